The minimum absolute atomic E-state index is 0.0754. The first-order valence-electron chi connectivity index (χ1n) is 6.15. The van der Waals surface area contributed by atoms with Gasteiger partial charge in [0.05, 0.1) is 5.54 Å². The largest absolute Gasteiger partial charge is 0.364 e. The molecule has 7 heteroatoms. The van der Waals surface area contributed by atoms with Crippen molar-refractivity contribution >= 4 is 11.5 Å². The Kier molecular flexibility index (Phi) is 2.55. The second-order valence-electron chi connectivity index (χ2n) is 4.83. The van der Waals surface area contributed by atoms with E-state index in [0.717, 1.165) is 12.8 Å². The number of aromatic nitrogens is 4. The third-order valence-electron chi connectivity index (χ3n) is 3.62. The molecule has 3 rings (SSSR count). The number of aromatic amines is 1. The highest BCUT2D eigenvalue weighted by molar-refractivity contribution is 5.44. The van der Waals surface area contributed by atoms with Crippen LogP contribution >= 0.6 is 0 Å². The Balaban J connectivity index is 1.94. The molecule has 96 valence electrons. The topological polar surface area (TPSA) is 101 Å². The fourth-order valence-electron chi connectivity index (χ4n) is 2.57. The van der Waals surface area contributed by atoms with Crippen molar-refractivity contribution in [1.82, 2.24) is 19.8 Å². The molecule has 2 heterocycles. The van der Waals surface area contributed by atoms with Gasteiger partial charge in [-0.15, -0.1) is 5.10 Å². The van der Waals surface area contributed by atoms with Crippen LogP contribution in [-0.4, -0.2) is 31.9 Å². The summed E-state index contributed by atoms with van der Waals surface area (Å²) in [5.74, 6) is 0.665. The summed E-state index contributed by atoms with van der Waals surface area (Å²) in [4.78, 5) is 11.4. The molecule has 1 aliphatic carbocycles. The fourth-order valence-corrected chi connectivity index (χ4v) is 2.57. The Morgan fingerprint density at radius 1 is 1.44 bits per heavy atom. The van der Waals surface area contributed by atoms with Crippen LogP contribution in [0.1, 0.15) is 25.7 Å². The minimum Gasteiger partial charge on any atom is -0.362 e. The van der Waals surface area contributed by atoms with E-state index in [0.29, 0.717) is 18.0 Å². The first-order chi connectivity index (χ1) is 8.72. The van der Waals surface area contributed by atoms with Gasteiger partial charge in [0.1, 0.15) is 5.82 Å². The van der Waals surface area contributed by atoms with Crippen LogP contribution in [0.25, 0.3) is 5.65 Å². The van der Waals surface area contributed by atoms with Crippen molar-refractivity contribution in [3.05, 3.63) is 22.6 Å². The smallest absolute Gasteiger partial charge is 0.362 e. The Labute approximate surface area is 103 Å². The number of fused-ring (bicyclic) bond motifs is 1. The molecule has 0 aliphatic heterocycles. The highest BCUT2D eigenvalue weighted by atomic mass is 16.2. The third-order valence-corrected chi connectivity index (χ3v) is 3.62. The van der Waals surface area contributed by atoms with E-state index >= 15 is 0 Å². The molecule has 0 saturated heterocycles. The Hall–Kier alpha value is -1.89. The summed E-state index contributed by atoms with van der Waals surface area (Å²) in [5, 5.41) is 13.8. The summed E-state index contributed by atoms with van der Waals surface area (Å²) in [6.07, 6.45) is 4.45. The maximum absolute atomic E-state index is 11.4. The van der Waals surface area contributed by atoms with Crippen LogP contribution < -0.4 is 16.7 Å². The molecule has 0 radical (unpaired) electrons. The molecule has 0 atom stereocenters. The second kappa shape index (κ2) is 4.09. The van der Waals surface area contributed by atoms with Crippen LogP contribution in [0.4, 0.5) is 5.82 Å². The molecule has 4 N–H and O–H groups in total. The van der Waals surface area contributed by atoms with Crippen molar-refractivity contribution in [2.75, 3.05) is 11.9 Å². The third kappa shape index (κ3) is 1.76. The number of nitrogens with zero attached hydrogens (tertiary/aromatic N) is 3. The molecule has 0 aromatic carbocycles. The zero-order valence-corrected chi connectivity index (χ0v) is 10.0. The van der Waals surface area contributed by atoms with Gasteiger partial charge in [0.15, 0.2) is 5.65 Å². The van der Waals surface area contributed by atoms with Crippen LogP contribution in [0.5, 0.6) is 0 Å². The molecule has 0 spiro atoms. The lowest BCUT2D eigenvalue weighted by Gasteiger charge is -2.29. The predicted molar refractivity (Wildman–Crippen MR) is 67.5 cm³/mol. The van der Waals surface area contributed by atoms with E-state index in [9.17, 15) is 4.79 Å². The van der Waals surface area contributed by atoms with Gasteiger partial charge in [0.2, 0.25) is 0 Å². The lowest BCUT2D eigenvalue weighted by Crippen LogP contribution is -2.43. The van der Waals surface area contributed by atoms with Crippen LogP contribution in [0.2, 0.25) is 0 Å². The van der Waals surface area contributed by atoms with Crippen molar-refractivity contribution in [3.63, 3.8) is 0 Å². The van der Waals surface area contributed by atoms with Gasteiger partial charge < -0.3 is 11.1 Å². The molecular formula is C11H16N6O. The van der Waals surface area contributed by atoms with E-state index in [1.54, 1.807) is 6.07 Å². The van der Waals surface area contributed by atoms with Crippen LogP contribution in [-0.2, 0) is 0 Å². The van der Waals surface area contributed by atoms with E-state index in [-0.39, 0.29) is 11.2 Å². The van der Waals surface area contributed by atoms with Gasteiger partial charge in [-0.1, -0.05) is 12.8 Å². The van der Waals surface area contributed by atoms with Crippen LogP contribution in [0.15, 0.2) is 16.9 Å². The van der Waals surface area contributed by atoms with E-state index in [1.807, 2.05) is 6.07 Å². The molecule has 0 unspecified atom stereocenters. The number of anilines is 1. The number of H-pyrrole nitrogens is 1. The number of hydrogen-bond donors (Lipinski definition) is 3. The van der Waals surface area contributed by atoms with Crippen LogP contribution in [0, 0.1) is 0 Å². The maximum atomic E-state index is 11.4. The van der Waals surface area contributed by atoms with Crippen molar-refractivity contribution in [2.24, 2.45) is 5.73 Å². The van der Waals surface area contributed by atoms with Crippen molar-refractivity contribution in [2.45, 2.75) is 31.2 Å². The number of nitrogens with two attached hydrogens (primary N) is 1. The van der Waals surface area contributed by atoms with E-state index in [2.05, 4.69) is 20.6 Å². The first kappa shape index (κ1) is 11.2. The number of hydrogen-bond acceptors (Lipinski definition) is 5. The van der Waals surface area contributed by atoms with Crippen LogP contribution in [0.3, 0.4) is 0 Å². The summed E-state index contributed by atoms with van der Waals surface area (Å²) in [6, 6.07) is 3.58. The normalized spacial score (nSPS) is 18.3. The molecule has 0 bridgehead atoms. The molecule has 18 heavy (non-hydrogen) atoms. The van der Waals surface area contributed by atoms with Crippen molar-refractivity contribution in [3.8, 4) is 0 Å². The highest BCUT2D eigenvalue weighted by Gasteiger charge is 2.32. The van der Waals surface area contributed by atoms with Gasteiger partial charge in [-0.2, -0.15) is 9.61 Å². The molecule has 0 amide bonds. The molecular weight excluding hydrogens is 232 g/mol. The summed E-state index contributed by atoms with van der Waals surface area (Å²) >= 11 is 0. The monoisotopic (exact) mass is 248 g/mol. The van der Waals surface area contributed by atoms with E-state index in [1.165, 1.54) is 17.4 Å². The Morgan fingerprint density at radius 2 is 2.22 bits per heavy atom. The lowest BCUT2D eigenvalue weighted by atomic mass is 9.98. The Bertz CT molecular complexity index is 609. The molecule has 1 saturated carbocycles. The Morgan fingerprint density at radius 3 is 2.94 bits per heavy atom. The maximum Gasteiger partial charge on any atom is 0.364 e. The minimum atomic E-state index is -0.332. The summed E-state index contributed by atoms with van der Waals surface area (Å²) in [5.41, 5.74) is 5.97. The summed E-state index contributed by atoms with van der Waals surface area (Å²) in [6.45, 7) is 0.576. The molecule has 1 fully saturated rings. The molecule has 2 aromatic rings. The van der Waals surface area contributed by atoms with Crippen molar-refractivity contribution < 1.29 is 0 Å². The zero-order chi connectivity index (χ0) is 12.6. The first-order valence-corrected chi connectivity index (χ1v) is 6.15. The van der Waals surface area contributed by atoms with Gasteiger partial charge in [0, 0.05) is 6.54 Å². The summed E-state index contributed by atoms with van der Waals surface area (Å²) in [7, 11) is 0. The number of rotatable bonds is 3. The number of nitrogens with one attached hydrogen (secondary N) is 2. The quantitative estimate of drug-likeness (QED) is 0.715. The molecule has 2 aromatic heterocycles. The molecule has 1 aliphatic rings. The SMILES string of the molecule is NCC1(Nc2ccc3n[nH]c(=O)n3n2)CCCC1. The lowest BCUT2D eigenvalue weighted by molar-refractivity contribution is 0.490. The average molecular weight is 248 g/mol. The fraction of sp³-hybridized carbons (Fsp3) is 0.545. The standard InChI is InChI=1S/C11H16N6O/c12-7-11(5-1-2-6-11)13-8-3-4-9-14-15-10(18)17(9)16-8/h3-4H,1-2,5-7,12H2,(H,13,16)(H,15,18). The van der Waals surface area contributed by atoms with Gasteiger partial charge in [-0.3, -0.25) is 0 Å². The second-order valence-corrected chi connectivity index (χ2v) is 4.83. The zero-order valence-electron chi connectivity index (χ0n) is 10.0. The van der Waals surface area contributed by atoms with Gasteiger partial charge in [0.25, 0.3) is 0 Å². The average Bonchev–Trinajstić information content (AvgIpc) is 2.99. The van der Waals surface area contributed by atoms with Gasteiger partial charge in [-0.25, -0.2) is 9.89 Å². The summed E-state index contributed by atoms with van der Waals surface area (Å²) < 4.78 is 1.25. The van der Waals surface area contributed by atoms with Gasteiger partial charge in [-0.05, 0) is 25.0 Å². The van der Waals surface area contributed by atoms with Gasteiger partial charge >= 0.3 is 5.69 Å². The predicted octanol–water partition coefficient (Wildman–Crippen LogP) is 0.101. The molecule has 7 nitrogen and oxygen atoms in total. The van der Waals surface area contributed by atoms with E-state index in [4.69, 9.17) is 5.73 Å². The van der Waals surface area contributed by atoms with E-state index < -0.39 is 0 Å². The van der Waals surface area contributed by atoms with Crippen molar-refractivity contribution in [1.29, 1.82) is 0 Å². The highest BCUT2D eigenvalue weighted by Crippen LogP contribution is 2.31.